The van der Waals surface area contributed by atoms with Gasteiger partial charge in [0.25, 0.3) is 17.5 Å². The second kappa shape index (κ2) is 10.3. The van der Waals surface area contributed by atoms with Crippen molar-refractivity contribution in [2.45, 2.75) is 6.54 Å². The van der Waals surface area contributed by atoms with Crippen LogP contribution in [0, 0.1) is 10.1 Å². The van der Waals surface area contributed by atoms with E-state index in [1.54, 1.807) is 36.4 Å². The number of nitrogens with zero attached hydrogens (tertiary/aromatic N) is 1. The largest absolute Gasteiger partial charge is 0.484 e. The van der Waals surface area contributed by atoms with Gasteiger partial charge < -0.3 is 21.1 Å². The Bertz CT molecular complexity index is 1150. The topological polar surface area (TPSA) is 137 Å². The molecule has 0 aliphatic carbocycles. The number of rotatable bonds is 9. The fourth-order valence-electron chi connectivity index (χ4n) is 2.80. The van der Waals surface area contributed by atoms with Crippen molar-refractivity contribution in [2.24, 2.45) is 5.73 Å². The number of nitrogens with two attached hydrogens (primary N) is 1. The zero-order valence-corrected chi connectivity index (χ0v) is 17.5. The molecular weight excluding hydrogens is 436 g/mol. The van der Waals surface area contributed by atoms with Crippen molar-refractivity contribution >= 4 is 40.5 Å². The maximum Gasteiger partial charge on any atom is 0.293 e. The van der Waals surface area contributed by atoms with Gasteiger partial charge in [-0.05, 0) is 48.0 Å². The van der Waals surface area contributed by atoms with Gasteiger partial charge >= 0.3 is 0 Å². The highest BCUT2D eigenvalue weighted by molar-refractivity contribution is 6.31. The SMILES string of the molecule is NC(=O)COc1ccc(NC(=O)c2ccc(NCc3ccccc3Cl)c([N+](=O)[O-])c2)cc1. The Hall–Kier alpha value is -4.11. The Balaban J connectivity index is 1.70. The number of carbonyl (C=O) groups is 2. The molecule has 2 amide bonds. The Kier molecular flexibility index (Phi) is 7.25. The number of nitrogens with one attached hydrogen (secondary N) is 2. The summed E-state index contributed by atoms with van der Waals surface area (Å²) in [4.78, 5) is 34.3. The fourth-order valence-corrected chi connectivity index (χ4v) is 3.00. The molecule has 0 fully saturated rings. The summed E-state index contributed by atoms with van der Waals surface area (Å²) < 4.78 is 5.15. The standard InChI is InChI=1S/C22H19ClN4O5/c23-18-4-2-1-3-15(18)12-25-19-10-5-14(11-20(19)27(30)31)22(29)26-16-6-8-17(9-7-16)32-13-21(24)28/h1-11,25H,12-13H2,(H2,24,28)(H,26,29). The maximum absolute atomic E-state index is 12.6. The molecule has 0 spiro atoms. The lowest BCUT2D eigenvalue weighted by atomic mass is 10.1. The van der Waals surface area contributed by atoms with Gasteiger partial charge in [0.05, 0.1) is 4.92 Å². The van der Waals surface area contributed by atoms with Gasteiger partial charge in [-0.2, -0.15) is 0 Å². The van der Waals surface area contributed by atoms with Crippen molar-refractivity contribution < 1.29 is 19.2 Å². The quantitative estimate of drug-likeness (QED) is 0.330. The minimum atomic E-state index is -0.603. The monoisotopic (exact) mass is 454 g/mol. The van der Waals surface area contributed by atoms with Crippen molar-refractivity contribution in [1.82, 2.24) is 0 Å². The molecule has 4 N–H and O–H groups in total. The van der Waals surface area contributed by atoms with Crippen LogP contribution in [0.4, 0.5) is 17.1 Å². The van der Waals surface area contributed by atoms with Crippen LogP contribution in [0.25, 0.3) is 0 Å². The molecule has 0 saturated carbocycles. The summed E-state index contributed by atoms with van der Waals surface area (Å²) in [6.45, 7) is 0.0302. The molecule has 0 saturated heterocycles. The summed E-state index contributed by atoms with van der Waals surface area (Å²) in [5, 5.41) is 17.7. The molecule has 0 radical (unpaired) electrons. The minimum absolute atomic E-state index is 0.119. The molecule has 0 heterocycles. The smallest absolute Gasteiger partial charge is 0.293 e. The lowest BCUT2D eigenvalue weighted by Gasteiger charge is -2.11. The number of amides is 2. The lowest BCUT2D eigenvalue weighted by molar-refractivity contribution is -0.384. The molecule has 3 aromatic rings. The van der Waals surface area contributed by atoms with Gasteiger partial charge in [0, 0.05) is 28.9 Å². The summed E-state index contributed by atoms with van der Waals surface area (Å²) in [6.07, 6.45) is 0. The number of primary amides is 1. The average molecular weight is 455 g/mol. The maximum atomic E-state index is 12.6. The first-order valence-corrected chi connectivity index (χ1v) is 9.79. The molecular formula is C22H19ClN4O5. The third-order valence-corrected chi connectivity index (χ3v) is 4.75. The Morgan fingerprint density at radius 1 is 1.06 bits per heavy atom. The number of nitro benzene ring substituents is 1. The zero-order chi connectivity index (χ0) is 23.1. The van der Waals surface area contributed by atoms with Crippen LogP contribution < -0.4 is 21.1 Å². The molecule has 0 bridgehead atoms. The number of hydrogen-bond acceptors (Lipinski definition) is 6. The average Bonchev–Trinajstić information content (AvgIpc) is 2.78. The highest BCUT2D eigenvalue weighted by Crippen LogP contribution is 2.27. The van der Waals surface area contributed by atoms with Crippen molar-refractivity contribution in [3.63, 3.8) is 0 Å². The van der Waals surface area contributed by atoms with Gasteiger partial charge in [-0.25, -0.2) is 0 Å². The van der Waals surface area contributed by atoms with E-state index in [0.29, 0.717) is 16.5 Å². The molecule has 3 rings (SSSR count). The van der Waals surface area contributed by atoms with E-state index in [9.17, 15) is 19.7 Å². The molecule has 0 aliphatic heterocycles. The molecule has 164 valence electrons. The van der Waals surface area contributed by atoms with Crippen LogP contribution in [0.3, 0.4) is 0 Å². The van der Waals surface area contributed by atoms with E-state index in [1.165, 1.54) is 18.2 Å². The number of carbonyl (C=O) groups excluding carboxylic acids is 2. The van der Waals surface area contributed by atoms with Gasteiger partial charge in [-0.15, -0.1) is 0 Å². The molecule has 9 nitrogen and oxygen atoms in total. The first-order valence-electron chi connectivity index (χ1n) is 9.41. The van der Waals surface area contributed by atoms with E-state index in [4.69, 9.17) is 22.1 Å². The van der Waals surface area contributed by atoms with Crippen molar-refractivity contribution in [1.29, 1.82) is 0 Å². The molecule has 3 aromatic carbocycles. The molecule has 32 heavy (non-hydrogen) atoms. The van der Waals surface area contributed by atoms with Crippen LogP contribution in [0.2, 0.25) is 5.02 Å². The highest BCUT2D eigenvalue weighted by atomic mass is 35.5. The van der Waals surface area contributed by atoms with E-state index >= 15 is 0 Å². The summed E-state index contributed by atoms with van der Waals surface area (Å²) in [7, 11) is 0. The van der Waals surface area contributed by atoms with Crippen LogP contribution in [0.15, 0.2) is 66.7 Å². The van der Waals surface area contributed by atoms with Gasteiger partial charge in [0.1, 0.15) is 11.4 Å². The van der Waals surface area contributed by atoms with Gasteiger partial charge in [-0.3, -0.25) is 19.7 Å². The van der Waals surface area contributed by atoms with E-state index < -0.39 is 16.7 Å². The molecule has 0 atom stereocenters. The first kappa shape index (κ1) is 22.6. The lowest BCUT2D eigenvalue weighted by Crippen LogP contribution is -2.20. The van der Waals surface area contributed by atoms with Gasteiger partial charge in [0.15, 0.2) is 6.61 Å². The van der Waals surface area contributed by atoms with Gasteiger partial charge in [0.2, 0.25) is 0 Å². The fraction of sp³-hybridized carbons (Fsp3) is 0.0909. The van der Waals surface area contributed by atoms with Gasteiger partial charge in [-0.1, -0.05) is 29.8 Å². The van der Waals surface area contributed by atoms with Crippen LogP contribution in [-0.2, 0) is 11.3 Å². The van der Waals surface area contributed by atoms with E-state index in [0.717, 1.165) is 5.56 Å². The van der Waals surface area contributed by atoms with Crippen molar-refractivity contribution in [2.75, 3.05) is 17.2 Å². The number of halogens is 1. The predicted octanol–water partition coefficient (Wildman–Crippen LogP) is 3.98. The Morgan fingerprint density at radius 3 is 2.44 bits per heavy atom. The van der Waals surface area contributed by atoms with Crippen LogP contribution in [0.1, 0.15) is 15.9 Å². The summed E-state index contributed by atoms with van der Waals surface area (Å²) in [5.41, 5.74) is 6.40. The third-order valence-electron chi connectivity index (χ3n) is 4.38. The number of hydrogen-bond donors (Lipinski definition) is 3. The van der Waals surface area contributed by atoms with Crippen LogP contribution >= 0.6 is 11.6 Å². The van der Waals surface area contributed by atoms with Crippen LogP contribution in [-0.4, -0.2) is 23.3 Å². The second-order valence-electron chi connectivity index (χ2n) is 6.67. The number of ether oxygens (including phenoxy) is 1. The Morgan fingerprint density at radius 2 is 1.78 bits per heavy atom. The number of nitro groups is 1. The van der Waals surface area contributed by atoms with Crippen molar-refractivity contribution in [3.05, 3.63) is 93.0 Å². The molecule has 10 heteroatoms. The number of benzene rings is 3. The third kappa shape index (κ3) is 5.96. The van der Waals surface area contributed by atoms with Crippen LogP contribution in [0.5, 0.6) is 5.75 Å². The number of anilines is 2. The molecule has 0 aliphatic rings. The molecule has 0 unspecified atom stereocenters. The van der Waals surface area contributed by atoms with E-state index in [-0.39, 0.29) is 30.1 Å². The second-order valence-corrected chi connectivity index (χ2v) is 7.07. The van der Waals surface area contributed by atoms with E-state index in [2.05, 4.69) is 10.6 Å². The zero-order valence-electron chi connectivity index (χ0n) is 16.7. The Labute approximate surface area is 188 Å². The normalized spacial score (nSPS) is 10.3. The highest BCUT2D eigenvalue weighted by Gasteiger charge is 2.18. The first-order chi connectivity index (χ1) is 15.3. The predicted molar refractivity (Wildman–Crippen MR) is 121 cm³/mol. The van der Waals surface area contributed by atoms with E-state index in [1.807, 2.05) is 12.1 Å². The summed E-state index contributed by atoms with van der Waals surface area (Å²) in [6, 6.07) is 17.6. The summed E-state index contributed by atoms with van der Waals surface area (Å²) in [5.74, 6) is -0.711. The summed E-state index contributed by atoms with van der Waals surface area (Å²) >= 11 is 6.12. The van der Waals surface area contributed by atoms with Crippen molar-refractivity contribution in [3.8, 4) is 5.75 Å². The molecule has 0 aromatic heterocycles. The minimum Gasteiger partial charge on any atom is -0.484 e.